The Labute approximate surface area is 189 Å². The molecule has 3 amide bonds. The van der Waals surface area contributed by atoms with Crippen LogP contribution in [0.5, 0.6) is 11.5 Å². The van der Waals surface area contributed by atoms with Crippen molar-refractivity contribution < 1.29 is 23.9 Å². The van der Waals surface area contributed by atoms with Crippen LogP contribution in [0.1, 0.15) is 62.2 Å². The van der Waals surface area contributed by atoms with Gasteiger partial charge < -0.3 is 25.0 Å². The van der Waals surface area contributed by atoms with Crippen LogP contribution in [0.2, 0.25) is 0 Å². The molecule has 32 heavy (non-hydrogen) atoms. The third kappa shape index (κ3) is 4.84. The van der Waals surface area contributed by atoms with Gasteiger partial charge in [0.2, 0.25) is 11.8 Å². The molecule has 8 nitrogen and oxygen atoms in total. The van der Waals surface area contributed by atoms with Crippen LogP contribution < -0.4 is 20.1 Å². The van der Waals surface area contributed by atoms with Gasteiger partial charge in [0.1, 0.15) is 17.1 Å². The number of fused-ring (bicyclic) bond motifs is 1. The van der Waals surface area contributed by atoms with Gasteiger partial charge in [-0.05, 0) is 37.3 Å². The third-order valence-electron chi connectivity index (χ3n) is 7.11. The molecule has 8 heteroatoms. The summed E-state index contributed by atoms with van der Waals surface area (Å²) in [6.45, 7) is 2.96. The quantitative estimate of drug-likeness (QED) is 0.744. The molecule has 3 aliphatic rings. The van der Waals surface area contributed by atoms with E-state index in [4.69, 9.17) is 9.47 Å². The average Bonchev–Trinajstić information content (AvgIpc) is 3.02. The number of hydrogen-bond donors (Lipinski definition) is 2. The van der Waals surface area contributed by atoms with E-state index in [0.29, 0.717) is 48.9 Å². The van der Waals surface area contributed by atoms with E-state index in [-0.39, 0.29) is 36.7 Å². The molecule has 2 heterocycles. The van der Waals surface area contributed by atoms with E-state index in [9.17, 15) is 14.4 Å². The van der Waals surface area contributed by atoms with Gasteiger partial charge >= 0.3 is 0 Å². The van der Waals surface area contributed by atoms with Crippen molar-refractivity contribution >= 4 is 17.7 Å². The van der Waals surface area contributed by atoms with E-state index < -0.39 is 5.60 Å². The highest BCUT2D eigenvalue weighted by atomic mass is 16.5. The van der Waals surface area contributed by atoms with Gasteiger partial charge in [0, 0.05) is 31.5 Å². The molecule has 2 aliphatic heterocycles. The van der Waals surface area contributed by atoms with Crippen LogP contribution in [0.3, 0.4) is 0 Å². The molecular formula is C24H33N3O5. The minimum atomic E-state index is -0.702. The summed E-state index contributed by atoms with van der Waals surface area (Å²) >= 11 is 0. The number of nitrogens with one attached hydrogen (secondary N) is 2. The Kier molecular flexibility index (Phi) is 6.58. The van der Waals surface area contributed by atoms with Crippen molar-refractivity contribution in [1.29, 1.82) is 0 Å². The number of likely N-dealkylation sites (tertiary alicyclic amines) is 1. The lowest BCUT2D eigenvalue weighted by molar-refractivity contribution is -0.136. The fourth-order valence-electron chi connectivity index (χ4n) is 4.99. The number of methoxy groups -OCH3 is 1. The zero-order valence-corrected chi connectivity index (χ0v) is 18.9. The van der Waals surface area contributed by atoms with Gasteiger partial charge in [-0.2, -0.15) is 0 Å². The van der Waals surface area contributed by atoms with Crippen LogP contribution in [0.25, 0.3) is 0 Å². The molecule has 1 aromatic carbocycles. The van der Waals surface area contributed by atoms with Crippen LogP contribution in [0.15, 0.2) is 18.2 Å². The molecule has 0 aromatic heterocycles. The van der Waals surface area contributed by atoms with Gasteiger partial charge in [0.05, 0.1) is 25.8 Å². The molecule has 0 bridgehead atoms. The number of amides is 3. The van der Waals surface area contributed by atoms with Crippen molar-refractivity contribution in [2.45, 2.75) is 63.5 Å². The first-order valence-electron chi connectivity index (χ1n) is 11.6. The van der Waals surface area contributed by atoms with Crippen molar-refractivity contribution in [1.82, 2.24) is 15.5 Å². The molecule has 1 aromatic rings. The van der Waals surface area contributed by atoms with Crippen molar-refractivity contribution in [3.05, 3.63) is 23.8 Å². The maximum Gasteiger partial charge on any atom is 0.255 e. The fraction of sp³-hybridized carbons (Fsp3) is 0.625. The van der Waals surface area contributed by atoms with Gasteiger partial charge in [-0.15, -0.1) is 0 Å². The SMILES string of the molecule is COc1ccc2c(c1)OC1(CCC(=O)N(CC(=O)NC3CCCCC3C)CC1)CNC2=O. The number of ether oxygens (including phenoxy) is 2. The van der Waals surface area contributed by atoms with Crippen LogP contribution in [-0.4, -0.2) is 61.0 Å². The molecule has 2 fully saturated rings. The lowest BCUT2D eigenvalue weighted by atomic mass is 9.86. The molecule has 1 saturated carbocycles. The minimum Gasteiger partial charge on any atom is -0.497 e. The van der Waals surface area contributed by atoms with Crippen molar-refractivity contribution in [3.8, 4) is 11.5 Å². The highest BCUT2D eigenvalue weighted by Gasteiger charge is 2.41. The molecular weight excluding hydrogens is 410 g/mol. The molecule has 4 rings (SSSR count). The number of benzene rings is 1. The lowest BCUT2D eigenvalue weighted by Crippen LogP contribution is -2.48. The van der Waals surface area contributed by atoms with Crippen LogP contribution in [-0.2, 0) is 9.59 Å². The Morgan fingerprint density at radius 3 is 2.88 bits per heavy atom. The zero-order valence-electron chi connectivity index (χ0n) is 18.9. The Morgan fingerprint density at radius 1 is 1.28 bits per heavy atom. The number of rotatable bonds is 4. The number of carbonyl (C=O) groups is 3. The summed E-state index contributed by atoms with van der Waals surface area (Å²) in [4.78, 5) is 39.7. The average molecular weight is 444 g/mol. The van der Waals surface area contributed by atoms with Crippen molar-refractivity contribution in [2.75, 3.05) is 26.7 Å². The Hall–Kier alpha value is -2.77. The second-order valence-electron chi connectivity index (χ2n) is 9.33. The second kappa shape index (κ2) is 9.38. The van der Waals surface area contributed by atoms with Gasteiger partial charge in [-0.3, -0.25) is 14.4 Å². The van der Waals surface area contributed by atoms with E-state index in [1.807, 2.05) is 0 Å². The first-order valence-corrected chi connectivity index (χ1v) is 11.6. The van der Waals surface area contributed by atoms with E-state index in [0.717, 1.165) is 19.3 Å². The number of carbonyl (C=O) groups excluding carboxylic acids is 3. The largest absolute Gasteiger partial charge is 0.497 e. The summed E-state index contributed by atoms with van der Waals surface area (Å²) in [5.74, 6) is 1.18. The number of hydrogen-bond acceptors (Lipinski definition) is 5. The van der Waals surface area contributed by atoms with Gasteiger partial charge in [-0.1, -0.05) is 19.8 Å². The predicted molar refractivity (Wildman–Crippen MR) is 119 cm³/mol. The Balaban J connectivity index is 1.43. The highest BCUT2D eigenvalue weighted by molar-refractivity contribution is 5.97. The second-order valence-corrected chi connectivity index (χ2v) is 9.33. The molecule has 0 radical (unpaired) electrons. The number of nitrogens with zero attached hydrogens (tertiary/aromatic N) is 1. The first-order chi connectivity index (χ1) is 15.4. The summed E-state index contributed by atoms with van der Waals surface area (Å²) < 4.78 is 11.7. The summed E-state index contributed by atoms with van der Waals surface area (Å²) in [5.41, 5.74) is -0.248. The van der Waals surface area contributed by atoms with Crippen LogP contribution in [0, 0.1) is 5.92 Å². The van der Waals surface area contributed by atoms with Crippen LogP contribution >= 0.6 is 0 Å². The van der Waals surface area contributed by atoms with E-state index in [2.05, 4.69) is 17.6 Å². The third-order valence-corrected chi connectivity index (χ3v) is 7.11. The normalized spacial score (nSPS) is 28.1. The summed E-state index contributed by atoms with van der Waals surface area (Å²) in [6, 6.07) is 5.32. The summed E-state index contributed by atoms with van der Waals surface area (Å²) in [6.07, 6.45) is 5.75. The Morgan fingerprint density at radius 2 is 2.09 bits per heavy atom. The van der Waals surface area contributed by atoms with E-state index in [1.165, 1.54) is 6.42 Å². The Bertz CT molecular complexity index is 888. The summed E-state index contributed by atoms with van der Waals surface area (Å²) in [5, 5.41) is 6.08. The maximum absolute atomic E-state index is 12.8. The molecule has 2 N–H and O–H groups in total. The lowest BCUT2D eigenvalue weighted by Gasteiger charge is -2.32. The molecule has 1 aliphatic carbocycles. The summed E-state index contributed by atoms with van der Waals surface area (Å²) in [7, 11) is 1.57. The van der Waals surface area contributed by atoms with Crippen molar-refractivity contribution in [2.24, 2.45) is 5.92 Å². The van der Waals surface area contributed by atoms with Crippen LogP contribution in [0.4, 0.5) is 0 Å². The minimum absolute atomic E-state index is 0.0567. The molecule has 174 valence electrons. The molecule has 3 atom stereocenters. The highest BCUT2D eigenvalue weighted by Crippen LogP contribution is 2.35. The van der Waals surface area contributed by atoms with Gasteiger partial charge in [0.15, 0.2) is 0 Å². The van der Waals surface area contributed by atoms with Crippen molar-refractivity contribution in [3.63, 3.8) is 0 Å². The molecule has 1 saturated heterocycles. The van der Waals surface area contributed by atoms with Gasteiger partial charge in [0.25, 0.3) is 5.91 Å². The molecule has 1 spiro atoms. The smallest absolute Gasteiger partial charge is 0.255 e. The topological polar surface area (TPSA) is 97.0 Å². The maximum atomic E-state index is 12.8. The van der Waals surface area contributed by atoms with E-state index in [1.54, 1.807) is 30.2 Å². The molecule has 3 unspecified atom stereocenters. The van der Waals surface area contributed by atoms with E-state index >= 15 is 0 Å². The van der Waals surface area contributed by atoms with Gasteiger partial charge in [-0.25, -0.2) is 0 Å². The first kappa shape index (κ1) is 22.4. The monoisotopic (exact) mass is 443 g/mol. The standard InChI is InChI=1S/C24H33N3O5/c1-16-5-3-4-6-19(16)26-21(28)14-27-12-11-24(10-9-22(27)29)15-25-23(30)18-8-7-17(31-2)13-20(18)32-24/h7-8,13,16,19H,3-6,9-12,14-15H2,1-2H3,(H,25,30)(H,26,28). The fourth-order valence-corrected chi connectivity index (χ4v) is 4.99. The zero-order chi connectivity index (χ0) is 22.7. The predicted octanol–water partition coefficient (Wildman–Crippen LogP) is 2.26.